The summed E-state index contributed by atoms with van der Waals surface area (Å²) in [5, 5.41) is 12.6. The molecule has 4 aromatic rings. The van der Waals surface area contributed by atoms with Crippen molar-refractivity contribution < 1.29 is 14.3 Å². The predicted octanol–water partition coefficient (Wildman–Crippen LogP) is 7.08. The summed E-state index contributed by atoms with van der Waals surface area (Å²) < 4.78 is 11.5. The van der Waals surface area contributed by atoms with Crippen LogP contribution in [0.3, 0.4) is 0 Å². The second-order valence-electron chi connectivity index (χ2n) is 7.13. The Labute approximate surface area is 180 Å². The molecule has 0 saturated carbocycles. The van der Waals surface area contributed by atoms with E-state index < -0.39 is 0 Å². The van der Waals surface area contributed by atoms with E-state index in [0.717, 1.165) is 32.7 Å². The van der Waals surface area contributed by atoms with Crippen LogP contribution in [0.1, 0.15) is 26.6 Å². The molecule has 0 N–H and O–H groups in total. The lowest BCUT2D eigenvalue weighted by Crippen LogP contribution is -1.95. The van der Waals surface area contributed by atoms with Gasteiger partial charge < -0.3 is 9.15 Å². The first-order valence-corrected chi connectivity index (χ1v) is 10.5. The third-order valence-corrected chi connectivity index (χ3v) is 5.61. The van der Waals surface area contributed by atoms with Gasteiger partial charge in [-0.25, -0.2) is 0 Å². The maximum atomic E-state index is 11.6. The number of hydrogen-bond acceptors (Lipinski definition) is 3. The van der Waals surface area contributed by atoms with Crippen LogP contribution in [0.2, 0.25) is 0 Å². The van der Waals surface area contributed by atoms with Crippen LogP contribution in [0.5, 0.6) is 11.5 Å². The zero-order valence-corrected chi connectivity index (χ0v) is 17.9. The minimum atomic E-state index is 0.0133. The Morgan fingerprint density at radius 3 is 2.70 bits per heavy atom. The number of hydrogen-bond donors (Lipinski definition) is 0. The molecule has 0 spiro atoms. The van der Waals surface area contributed by atoms with Crippen molar-refractivity contribution in [2.45, 2.75) is 20.8 Å². The number of benzene rings is 2. The lowest BCUT2D eigenvalue weighted by atomic mass is 10.0. The smallest absolute Gasteiger partial charge is 0.181 e. The SMILES string of the molecule is Cc1cc2cc(/C(C#Cc3ccc(C)s3)=C\COc3ccc([O])c(C)c3)ccc2o1. The summed E-state index contributed by atoms with van der Waals surface area (Å²) in [5.41, 5.74) is 3.44. The summed E-state index contributed by atoms with van der Waals surface area (Å²) in [4.78, 5) is 2.27. The van der Waals surface area contributed by atoms with Gasteiger partial charge in [-0.05, 0) is 87.0 Å². The van der Waals surface area contributed by atoms with Gasteiger partial charge in [0.15, 0.2) is 5.75 Å². The van der Waals surface area contributed by atoms with Crippen LogP contribution < -0.4 is 4.74 Å². The summed E-state index contributed by atoms with van der Waals surface area (Å²) in [5.74, 6) is 8.14. The van der Waals surface area contributed by atoms with Gasteiger partial charge >= 0.3 is 0 Å². The predicted molar refractivity (Wildman–Crippen MR) is 122 cm³/mol. The van der Waals surface area contributed by atoms with Crippen LogP contribution in [0.4, 0.5) is 0 Å². The number of aryl methyl sites for hydroxylation is 3. The van der Waals surface area contributed by atoms with Crippen LogP contribution in [-0.4, -0.2) is 6.61 Å². The number of ether oxygens (including phenoxy) is 1. The van der Waals surface area contributed by atoms with E-state index in [2.05, 4.69) is 30.9 Å². The molecule has 0 aliphatic carbocycles. The molecule has 4 rings (SSSR count). The first kappa shape index (κ1) is 19.9. The number of rotatable bonds is 4. The highest BCUT2D eigenvalue weighted by atomic mass is 32.1. The number of fused-ring (bicyclic) bond motifs is 1. The molecule has 0 aliphatic rings. The molecule has 0 bridgehead atoms. The van der Waals surface area contributed by atoms with Crippen molar-refractivity contribution in [1.82, 2.24) is 0 Å². The lowest BCUT2D eigenvalue weighted by molar-refractivity contribution is 0.344. The van der Waals surface area contributed by atoms with Crippen LogP contribution >= 0.6 is 11.3 Å². The quantitative estimate of drug-likeness (QED) is 0.336. The zero-order chi connectivity index (χ0) is 21.1. The summed E-state index contributed by atoms with van der Waals surface area (Å²) in [6.45, 7) is 6.16. The molecule has 0 saturated heterocycles. The van der Waals surface area contributed by atoms with E-state index in [4.69, 9.17) is 9.15 Å². The molecule has 2 aromatic heterocycles. The molecule has 3 nitrogen and oxygen atoms in total. The van der Waals surface area contributed by atoms with Gasteiger partial charge in [-0.3, -0.25) is 5.11 Å². The van der Waals surface area contributed by atoms with Crippen molar-refractivity contribution >= 4 is 27.9 Å². The first-order chi connectivity index (χ1) is 14.5. The van der Waals surface area contributed by atoms with Crippen molar-refractivity contribution in [3.05, 3.63) is 87.3 Å². The minimum absolute atomic E-state index is 0.0133. The Hall–Kier alpha value is -3.42. The van der Waals surface area contributed by atoms with E-state index in [1.165, 1.54) is 10.9 Å². The molecule has 2 aromatic carbocycles. The molecule has 2 heterocycles. The molecule has 0 amide bonds. The van der Waals surface area contributed by atoms with Crippen molar-refractivity contribution in [1.29, 1.82) is 0 Å². The Morgan fingerprint density at radius 1 is 1.07 bits per heavy atom. The van der Waals surface area contributed by atoms with Gasteiger partial charge in [-0.1, -0.05) is 11.8 Å². The van der Waals surface area contributed by atoms with Crippen LogP contribution in [0.15, 0.2) is 65.1 Å². The molecule has 149 valence electrons. The normalized spacial score (nSPS) is 11.4. The summed E-state index contributed by atoms with van der Waals surface area (Å²) >= 11 is 1.68. The van der Waals surface area contributed by atoms with Crippen LogP contribution in [0.25, 0.3) is 16.5 Å². The molecule has 0 unspecified atom stereocenters. The Kier molecular flexibility index (Phi) is 5.65. The van der Waals surface area contributed by atoms with Crippen molar-refractivity contribution in [2.75, 3.05) is 6.61 Å². The molecule has 0 fully saturated rings. The molecule has 1 radical (unpaired) electrons. The molecular weight excluding hydrogens is 392 g/mol. The maximum absolute atomic E-state index is 11.6. The summed E-state index contributed by atoms with van der Waals surface area (Å²) in [6.07, 6.45) is 1.97. The van der Waals surface area contributed by atoms with E-state index in [0.29, 0.717) is 17.9 Å². The maximum Gasteiger partial charge on any atom is 0.181 e. The number of thiophene rings is 1. The average Bonchev–Trinajstić information content (AvgIpc) is 3.30. The zero-order valence-electron chi connectivity index (χ0n) is 17.1. The molecule has 4 heteroatoms. The highest BCUT2D eigenvalue weighted by Crippen LogP contribution is 2.25. The second kappa shape index (κ2) is 8.52. The Balaban J connectivity index is 1.63. The second-order valence-corrected chi connectivity index (χ2v) is 8.41. The van der Waals surface area contributed by atoms with Gasteiger partial charge in [-0.2, -0.15) is 0 Å². The third kappa shape index (κ3) is 4.59. The standard InChI is InChI=1S/C26H21O3S/c1-17-14-23(7-10-25(17)27)28-13-12-20(5-9-24-8-4-19(3)30-24)21-6-11-26-22(16-21)15-18(2)29-26/h4,6-8,10-12,14-16H,13H2,1-3H3/b20-12-. The average molecular weight is 414 g/mol. The Morgan fingerprint density at radius 2 is 1.93 bits per heavy atom. The van der Waals surface area contributed by atoms with Crippen LogP contribution in [-0.2, 0) is 5.11 Å². The van der Waals surface area contributed by atoms with E-state index in [1.807, 2.05) is 37.3 Å². The van der Waals surface area contributed by atoms with E-state index in [9.17, 15) is 5.11 Å². The van der Waals surface area contributed by atoms with E-state index >= 15 is 0 Å². The van der Waals surface area contributed by atoms with Crippen molar-refractivity contribution in [2.24, 2.45) is 0 Å². The fourth-order valence-corrected chi connectivity index (χ4v) is 3.87. The van der Waals surface area contributed by atoms with E-state index in [1.54, 1.807) is 30.4 Å². The van der Waals surface area contributed by atoms with Crippen molar-refractivity contribution in [3.63, 3.8) is 0 Å². The van der Waals surface area contributed by atoms with Gasteiger partial charge in [0.05, 0.1) is 4.88 Å². The molecule has 0 aliphatic heterocycles. The summed E-state index contributed by atoms with van der Waals surface area (Å²) in [7, 11) is 0. The largest absolute Gasteiger partial charge is 0.489 e. The third-order valence-electron chi connectivity index (χ3n) is 4.70. The fourth-order valence-electron chi connectivity index (χ4n) is 3.15. The molecular formula is C26H21O3S. The van der Waals surface area contributed by atoms with Gasteiger partial charge in [0.25, 0.3) is 0 Å². The number of allylic oxidation sites excluding steroid dienone is 1. The minimum Gasteiger partial charge on any atom is -0.489 e. The monoisotopic (exact) mass is 413 g/mol. The number of furan rings is 1. The Bertz CT molecular complexity index is 1290. The highest BCUT2D eigenvalue weighted by molar-refractivity contribution is 7.12. The summed E-state index contributed by atoms with van der Waals surface area (Å²) in [6, 6.07) is 17.2. The topological polar surface area (TPSA) is 42.3 Å². The van der Waals surface area contributed by atoms with Gasteiger partial charge in [0.1, 0.15) is 23.7 Å². The molecule has 0 atom stereocenters. The first-order valence-electron chi connectivity index (χ1n) is 9.67. The fraction of sp³-hybridized carbons (Fsp3) is 0.154. The highest BCUT2D eigenvalue weighted by Gasteiger charge is 2.06. The van der Waals surface area contributed by atoms with Gasteiger partial charge in [-0.15, -0.1) is 11.3 Å². The van der Waals surface area contributed by atoms with E-state index in [-0.39, 0.29) is 5.75 Å². The van der Waals surface area contributed by atoms with Crippen molar-refractivity contribution in [3.8, 4) is 23.3 Å². The lowest BCUT2D eigenvalue weighted by Gasteiger charge is -2.06. The van der Waals surface area contributed by atoms with Gasteiger partial charge in [0, 0.05) is 21.4 Å². The van der Waals surface area contributed by atoms with Crippen LogP contribution in [0, 0.1) is 32.6 Å². The van der Waals surface area contributed by atoms with Gasteiger partial charge in [0.2, 0.25) is 0 Å². The molecule has 30 heavy (non-hydrogen) atoms.